The highest BCUT2D eigenvalue weighted by Crippen LogP contribution is 2.34. The molecule has 3 rings (SSSR count). The minimum Gasteiger partial charge on any atom is -0.478 e. The van der Waals surface area contributed by atoms with E-state index in [1.54, 1.807) is 12.1 Å². The van der Waals surface area contributed by atoms with Gasteiger partial charge in [0, 0.05) is 18.7 Å². The summed E-state index contributed by atoms with van der Waals surface area (Å²) in [4.78, 5) is 25.3. The Morgan fingerprint density at radius 2 is 1.40 bits per heavy atom. The van der Waals surface area contributed by atoms with Gasteiger partial charge in [0.25, 0.3) is 5.91 Å². The highest BCUT2D eigenvalue weighted by atomic mass is 16.4. The lowest BCUT2D eigenvalue weighted by Gasteiger charge is -2.22. The van der Waals surface area contributed by atoms with Crippen LogP contribution in [0.2, 0.25) is 0 Å². The molecule has 2 saturated carbocycles. The number of amides is 1. The summed E-state index contributed by atoms with van der Waals surface area (Å²) >= 11 is 0. The monoisotopic (exact) mass is 273 g/mol. The summed E-state index contributed by atoms with van der Waals surface area (Å²) in [6.45, 7) is 1.71. The normalized spacial score (nSPS) is 17.8. The molecule has 1 aromatic carbocycles. The van der Waals surface area contributed by atoms with Gasteiger partial charge < -0.3 is 10.0 Å². The van der Waals surface area contributed by atoms with E-state index in [0.29, 0.717) is 17.4 Å². The zero-order valence-electron chi connectivity index (χ0n) is 11.4. The van der Waals surface area contributed by atoms with Crippen LogP contribution in [-0.4, -0.2) is 35.0 Å². The second-order valence-corrected chi connectivity index (χ2v) is 5.98. The van der Waals surface area contributed by atoms with E-state index in [2.05, 4.69) is 0 Å². The molecule has 0 radical (unpaired) electrons. The molecule has 0 atom stereocenters. The van der Waals surface area contributed by atoms with Crippen LogP contribution in [0, 0.1) is 11.8 Å². The van der Waals surface area contributed by atoms with Crippen LogP contribution in [0.25, 0.3) is 0 Å². The molecule has 0 spiro atoms. The Balaban J connectivity index is 1.71. The first-order chi connectivity index (χ1) is 9.63. The standard InChI is InChI=1S/C16H19NO3/c18-15(13-5-7-14(8-6-13)16(19)20)17(9-11-1-2-11)10-12-3-4-12/h5-8,11-12H,1-4,9-10H2,(H,19,20). The van der Waals surface area contributed by atoms with E-state index in [-0.39, 0.29) is 11.5 Å². The van der Waals surface area contributed by atoms with E-state index in [1.165, 1.54) is 37.8 Å². The van der Waals surface area contributed by atoms with Gasteiger partial charge in [0.2, 0.25) is 0 Å². The SMILES string of the molecule is O=C(O)c1ccc(C(=O)N(CC2CC2)CC2CC2)cc1. The van der Waals surface area contributed by atoms with E-state index in [0.717, 1.165) is 13.1 Å². The molecule has 2 fully saturated rings. The lowest BCUT2D eigenvalue weighted by Crippen LogP contribution is -2.34. The molecule has 20 heavy (non-hydrogen) atoms. The summed E-state index contributed by atoms with van der Waals surface area (Å²) < 4.78 is 0. The van der Waals surface area contributed by atoms with Crippen molar-refractivity contribution < 1.29 is 14.7 Å². The average molecular weight is 273 g/mol. The largest absolute Gasteiger partial charge is 0.478 e. The van der Waals surface area contributed by atoms with Gasteiger partial charge in [0.1, 0.15) is 0 Å². The molecule has 1 aromatic rings. The lowest BCUT2D eigenvalue weighted by atomic mass is 10.1. The van der Waals surface area contributed by atoms with E-state index in [9.17, 15) is 9.59 Å². The number of hydrogen-bond acceptors (Lipinski definition) is 2. The van der Waals surface area contributed by atoms with Crippen molar-refractivity contribution >= 4 is 11.9 Å². The molecular weight excluding hydrogens is 254 g/mol. The second-order valence-electron chi connectivity index (χ2n) is 5.98. The van der Waals surface area contributed by atoms with Crippen molar-refractivity contribution in [2.75, 3.05) is 13.1 Å². The average Bonchev–Trinajstić information content (AvgIpc) is 3.32. The molecule has 2 aliphatic rings. The first-order valence-corrected chi connectivity index (χ1v) is 7.26. The predicted molar refractivity (Wildman–Crippen MR) is 74.8 cm³/mol. The van der Waals surface area contributed by atoms with Crippen molar-refractivity contribution in [2.45, 2.75) is 25.7 Å². The molecule has 0 aromatic heterocycles. The van der Waals surface area contributed by atoms with Crippen LogP contribution in [0.4, 0.5) is 0 Å². The third kappa shape index (κ3) is 3.18. The van der Waals surface area contributed by atoms with Crippen molar-refractivity contribution in [3.05, 3.63) is 35.4 Å². The number of benzene rings is 1. The van der Waals surface area contributed by atoms with Gasteiger partial charge in [-0.05, 0) is 61.8 Å². The highest BCUT2D eigenvalue weighted by molar-refractivity contribution is 5.96. The fourth-order valence-electron chi connectivity index (χ4n) is 2.40. The fraction of sp³-hybridized carbons (Fsp3) is 0.500. The van der Waals surface area contributed by atoms with Gasteiger partial charge in [0.15, 0.2) is 0 Å². The summed E-state index contributed by atoms with van der Waals surface area (Å²) in [5.74, 6) is 0.435. The van der Waals surface area contributed by atoms with Crippen LogP contribution in [0.5, 0.6) is 0 Å². The van der Waals surface area contributed by atoms with E-state index in [4.69, 9.17) is 5.11 Å². The van der Waals surface area contributed by atoms with Crippen molar-refractivity contribution in [2.24, 2.45) is 11.8 Å². The summed E-state index contributed by atoms with van der Waals surface area (Å²) in [5.41, 5.74) is 0.814. The number of nitrogens with zero attached hydrogens (tertiary/aromatic N) is 1. The molecule has 0 unspecified atom stereocenters. The van der Waals surface area contributed by atoms with E-state index < -0.39 is 5.97 Å². The number of carbonyl (C=O) groups is 2. The quantitative estimate of drug-likeness (QED) is 0.866. The molecule has 106 valence electrons. The van der Waals surface area contributed by atoms with Crippen LogP contribution in [0.15, 0.2) is 24.3 Å². The molecule has 2 aliphatic carbocycles. The molecular formula is C16H19NO3. The van der Waals surface area contributed by atoms with Crippen molar-refractivity contribution in [1.29, 1.82) is 0 Å². The fourth-order valence-corrected chi connectivity index (χ4v) is 2.40. The Morgan fingerprint density at radius 3 is 1.80 bits per heavy atom. The number of carboxylic acids is 1. The Bertz CT molecular complexity index is 501. The Kier molecular flexibility index (Phi) is 3.47. The van der Waals surface area contributed by atoms with Gasteiger partial charge in [-0.1, -0.05) is 0 Å². The maximum atomic E-state index is 12.5. The maximum absolute atomic E-state index is 12.5. The molecule has 0 heterocycles. The number of hydrogen-bond donors (Lipinski definition) is 1. The van der Waals surface area contributed by atoms with Crippen molar-refractivity contribution in [3.63, 3.8) is 0 Å². The van der Waals surface area contributed by atoms with Gasteiger partial charge in [-0.2, -0.15) is 0 Å². The Morgan fingerprint density at radius 1 is 0.950 bits per heavy atom. The molecule has 0 aliphatic heterocycles. The van der Waals surface area contributed by atoms with Gasteiger partial charge in [-0.15, -0.1) is 0 Å². The molecule has 4 heteroatoms. The minimum absolute atomic E-state index is 0.0424. The molecule has 1 N–H and O–H groups in total. The van der Waals surface area contributed by atoms with E-state index >= 15 is 0 Å². The van der Waals surface area contributed by atoms with Crippen LogP contribution in [-0.2, 0) is 0 Å². The van der Waals surface area contributed by atoms with E-state index in [1.807, 2.05) is 4.90 Å². The van der Waals surface area contributed by atoms with Crippen LogP contribution in [0.3, 0.4) is 0 Å². The van der Waals surface area contributed by atoms with Gasteiger partial charge in [0.05, 0.1) is 5.56 Å². The molecule has 0 bridgehead atoms. The molecule has 4 nitrogen and oxygen atoms in total. The Labute approximate surface area is 118 Å². The number of aromatic carboxylic acids is 1. The first kappa shape index (κ1) is 13.2. The Hall–Kier alpha value is -1.84. The summed E-state index contributed by atoms with van der Waals surface area (Å²) in [6.07, 6.45) is 4.91. The van der Waals surface area contributed by atoms with Crippen molar-refractivity contribution in [3.8, 4) is 0 Å². The van der Waals surface area contributed by atoms with Gasteiger partial charge >= 0.3 is 5.97 Å². The smallest absolute Gasteiger partial charge is 0.335 e. The van der Waals surface area contributed by atoms with Crippen LogP contribution in [0.1, 0.15) is 46.4 Å². The van der Waals surface area contributed by atoms with Gasteiger partial charge in [-0.3, -0.25) is 4.79 Å². The zero-order chi connectivity index (χ0) is 14.1. The molecule has 1 amide bonds. The topological polar surface area (TPSA) is 57.6 Å². The first-order valence-electron chi connectivity index (χ1n) is 7.26. The highest BCUT2D eigenvalue weighted by Gasteiger charge is 2.31. The number of carboxylic acid groups (broad SMARTS) is 1. The molecule has 0 saturated heterocycles. The van der Waals surface area contributed by atoms with Gasteiger partial charge in [-0.25, -0.2) is 4.79 Å². The number of rotatable bonds is 6. The summed E-state index contributed by atoms with van der Waals surface area (Å²) in [7, 11) is 0. The summed E-state index contributed by atoms with van der Waals surface area (Å²) in [6, 6.07) is 6.25. The van der Waals surface area contributed by atoms with Crippen LogP contribution < -0.4 is 0 Å². The zero-order valence-corrected chi connectivity index (χ0v) is 11.4. The predicted octanol–water partition coefficient (Wildman–Crippen LogP) is 2.65. The van der Waals surface area contributed by atoms with Crippen molar-refractivity contribution in [1.82, 2.24) is 4.90 Å². The minimum atomic E-state index is -0.961. The lowest BCUT2D eigenvalue weighted by molar-refractivity contribution is 0.0693. The third-order valence-corrected chi connectivity index (χ3v) is 4.02. The maximum Gasteiger partial charge on any atom is 0.335 e. The third-order valence-electron chi connectivity index (χ3n) is 4.02. The summed E-state index contributed by atoms with van der Waals surface area (Å²) in [5, 5.41) is 8.88. The van der Waals surface area contributed by atoms with Crippen LogP contribution >= 0.6 is 0 Å². The number of carbonyl (C=O) groups excluding carboxylic acids is 1. The second kappa shape index (κ2) is 5.27.